The zero-order valence-electron chi connectivity index (χ0n) is 15.7. The van der Waals surface area contributed by atoms with Crippen LogP contribution in [0, 0.1) is 0 Å². The second-order valence-corrected chi connectivity index (χ2v) is 6.96. The number of methoxy groups -OCH3 is 1. The van der Waals surface area contributed by atoms with Gasteiger partial charge in [-0.2, -0.15) is 11.8 Å². The average molecular weight is 379 g/mol. The third-order valence-corrected chi connectivity index (χ3v) is 4.65. The summed E-state index contributed by atoms with van der Waals surface area (Å²) in [4.78, 5) is 13.1. The summed E-state index contributed by atoms with van der Waals surface area (Å²) < 4.78 is 5.55. The third-order valence-electron chi connectivity index (χ3n) is 4.03. The Morgan fingerprint density at radius 3 is 2.67 bits per heavy atom. The van der Waals surface area contributed by atoms with E-state index in [2.05, 4.69) is 33.1 Å². The van der Waals surface area contributed by atoms with Gasteiger partial charge in [-0.15, -0.1) is 0 Å². The Bertz CT molecular complexity index is 958. The van der Waals surface area contributed by atoms with Gasteiger partial charge in [0.15, 0.2) is 0 Å². The Hall–Kier alpha value is -2.86. The average Bonchev–Trinajstić information content (AvgIpc) is 2.68. The number of thioether (sulfide) groups is 1. The van der Waals surface area contributed by atoms with Crippen LogP contribution < -0.4 is 10.1 Å². The zero-order chi connectivity index (χ0) is 19.2. The fraction of sp³-hybridized carbons (Fsp3) is 0.190. The number of pyridine rings is 1. The summed E-state index contributed by atoms with van der Waals surface area (Å²) in [5.74, 6) is 3.13. The monoisotopic (exact) mass is 378 g/mol. The quantitative estimate of drug-likeness (QED) is 0.611. The predicted octanol–water partition coefficient (Wildman–Crippen LogP) is 5.19. The summed E-state index contributed by atoms with van der Waals surface area (Å²) in [5.41, 5.74) is 4.92. The summed E-state index contributed by atoms with van der Waals surface area (Å²) in [6.07, 6.45) is 5.42. The van der Waals surface area contributed by atoms with E-state index in [1.807, 2.05) is 43.3 Å². The Morgan fingerprint density at radius 1 is 1.11 bits per heavy atom. The van der Waals surface area contributed by atoms with Gasteiger partial charge in [0, 0.05) is 23.6 Å². The molecule has 1 N–H and O–H groups in total. The van der Waals surface area contributed by atoms with Crippen LogP contribution >= 0.6 is 11.8 Å². The molecule has 3 rings (SSSR count). The van der Waals surface area contributed by atoms with Crippen molar-refractivity contribution >= 4 is 29.0 Å². The lowest BCUT2D eigenvalue weighted by Crippen LogP contribution is -1.99. The van der Waals surface area contributed by atoms with Crippen molar-refractivity contribution in [1.29, 1.82) is 0 Å². The number of allylic oxidation sites excluding steroid dienone is 1. The third kappa shape index (κ3) is 4.65. The van der Waals surface area contributed by atoms with Crippen LogP contribution in [0.4, 0.5) is 11.6 Å². The van der Waals surface area contributed by atoms with Crippen LogP contribution in [0.3, 0.4) is 0 Å². The molecule has 0 saturated heterocycles. The molecule has 6 heteroatoms. The number of hydrogen-bond donors (Lipinski definition) is 1. The molecule has 5 nitrogen and oxygen atoms in total. The molecule has 0 aliphatic carbocycles. The molecule has 27 heavy (non-hydrogen) atoms. The molecular formula is C21H22N4OS. The van der Waals surface area contributed by atoms with Crippen LogP contribution in [-0.2, 0) is 5.75 Å². The summed E-state index contributed by atoms with van der Waals surface area (Å²) in [7, 11) is 1.66. The molecule has 0 radical (unpaired) electrons. The smallest absolute Gasteiger partial charge is 0.135 e. The van der Waals surface area contributed by atoms with Crippen molar-refractivity contribution in [2.24, 2.45) is 0 Å². The maximum absolute atomic E-state index is 5.55. The van der Waals surface area contributed by atoms with Gasteiger partial charge in [-0.25, -0.2) is 15.0 Å². The van der Waals surface area contributed by atoms with Crippen molar-refractivity contribution in [3.8, 4) is 17.0 Å². The molecule has 0 unspecified atom stereocenters. The van der Waals surface area contributed by atoms with E-state index in [9.17, 15) is 0 Å². The van der Waals surface area contributed by atoms with Gasteiger partial charge in [-0.05, 0) is 48.6 Å². The van der Waals surface area contributed by atoms with Crippen LogP contribution in [-0.4, -0.2) is 28.3 Å². The van der Waals surface area contributed by atoms with Crippen LogP contribution in [0.25, 0.3) is 16.8 Å². The lowest BCUT2D eigenvalue weighted by atomic mass is 10.0. The number of ether oxygens (including phenoxy) is 1. The number of anilines is 2. The number of rotatable bonds is 7. The minimum absolute atomic E-state index is 0.680. The first-order valence-corrected chi connectivity index (χ1v) is 9.87. The fourth-order valence-electron chi connectivity index (χ4n) is 2.67. The van der Waals surface area contributed by atoms with Crippen LogP contribution in [0.5, 0.6) is 5.75 Å². The van der Waals surface area contributed by atoms with Crippen molar-refractivity contribution in [2.75, 3.05) is 18.7 Å². The number of nitrogens with one attached hydrogen (secondary N) is 1. The summed E-state index contributed by atoms with van der Waals surface area (Å²) in [5, 5.41) is 3.25. The largest absolute Gasteiger partial charge is 0.496 e. The molecule has 0 amide bonds. The minimum Gasteiger partial charge on any atom is -0.496 e. The van der Waals surface area contributed by atoms with Gasteiger partial charge in [0.1, 0.15) is 23.7 Å². The van der Waals surface area contributed by atoms with E-state index in [0.29, 0.717) is 5.82 Å². The van der Waals surface area contributed by atoms with E-state index in [0.717, 1.165) is 39.7 Å². The molecule has 2 heterocycles. The van der Waals surface area contributed by atoms with Gasteiger partial charge in [0.05, 0.1) is 12.8 Å². The Kier molecular flexibility index (Phi) is 6.08. The van der Waals surface area contributed by atoms with Crippen molar-refractivity contribution in [3.05, 3.63) is 66.6 Å². The first kappa shape index (κ1) is 18.9. The molecule has 0 saturated carbocycles. The van der Waals surface area contributed by atoms with Gasteiger partial charge in [0.25, 0.3) is 0 Å². The van der Waals surface area contributed by atoms with Gasteiger partial charge in [0.2, 0.25) is 0 Å². The Morgan fingerprint density at radius 2 is 1.93 bits per heavy atom. The van der Waals surface area contributed by atoms with Crippen molar-refractivity contribution < 1.29 is 4.74 Å². The Balaban J connectivity index is 1.90. The minimum atomic E-state index is 0.680. The molecule has 3 aromatic rings. The first-order valence-electron chi connectivity index (χ1n) is 8.48. The number of aromatic nitrogens is 3. The topological polar surface area (TPSA) is 59.9 Å². The van der Waals surface area contributed by atoms with Gasteiger partial charge in [-0.3, -0.25) is 0 Å². The molecule has 0 aliphatic heterocycles. The van der Waals surface area contributed by atoms with E-state index in [1.165, 1.54) is 11.9 Å². The molecule has 0 spiro atoms. The number of hydrogen-bond acceptors (Lipinski definition) is 6. The van der Waals surface area contributed by atoms with E-state index in [-0.39, 0.29) is 0 Å². The summed E-state index contributed by atoms with van der Waals surface area (Å²) in [6.45, 7) is 5.96. The van der Waals surface area contributed by atoms with Crippen molar-refractivity contribution in [1.82, 2.24) is 15.0 Å². The normalized spacial score (nSPS) is 10.5. The zero-order valence-corrected chi connectivity index (χ0v) is 16.5. The van der Waals surface area contributed by atoms with E-state index in [1.54, 1.807) is 25.1 Å². The fourth-order valence-corrected chi connectivity index (χ4v) is 3.18. The highest BCUT2D eigenvalue weighted by Crippen LogP contribution is 2.32. The van der Waals surface area contributed by atoms with Gasteiger partial charge >= 0.3 is 0 Å². The summed E-state index contributed by atoms with van der Waals surface area (Å²) in [6, 6.07) is 11.9. The first-order chi connectivity index (χ1) is 13.1. The SMILES string of the molecule is C=C(C)c1ccc(-c2cc(Nc3cc(CSC)ccn3)ncn2)c(OC)c1. The van der Waals surface area contributed by atoms with Crippen LogP contribution in [0.1, 0.15) is 18.1 Å². The number of nitrogens with zero attached hydrogens (tertiary/aromatic N) is 3. The molecule has 0 fully saturated rings. The predicted molar refractivity (Wildman–Crippen MR) is 113 cm³/mol. The van der Waals surface area contributed by atoms with Gasteiger partial charge < -0.3 is 10.1 Å². The summed E-state index contributed by atoms with van der Waals surface area (Å²) >= 11 is 1.78. The van der Waals surface area contributed by atoms with Crippen molar-refractivity contribution in [3.63, 3.8) is 0 Å². The number of benzene rings is 1. The maximum atomic E-state index is 5.55. The maximum Gasteiger partial charge on any atom is 0.135 e. The van der Waals surface area contributed by atoms with E-state index in [4.69, 9.17) is 4.74 Å². The molecule has 0 aliphatic rings. The molecule has 1 aromatic carbocycles. The lowest BCUT2D eigenvalue weighted by molar-refractivity contribution is 0.416. The highest BCUT2D eigenvalue weighted by molar-refractivity contribution is 7.97. The molecule has 2 aromatic heterocycles. The van der Waals surface area contributed by atoms with Crippen LogP contribution in [0.15, 0.2) is 55.5 Å². The van der Waals surface area contributed by atoms with E-state index >= 15 is 0 Å². The standard InChI is InChI=1S/C21H22N4OS/c1-14(2)16-5-6-17(19(10-16)26-3)18-11-21(24-13-23-18)25-20-9-15(12-27-4)7-8-22-20/h5-11,13H,1,12H2,2-4H3,(H,22,23,24,25). The molecule has 0 atom stereocenters. The molecular weight excluding hydrogens is 356 g/mol. The van der Waals surface area contributed by atoms with Crippen LogP contribution in [0.2, 0.25) is 0 Å². The Labute approximate surface area is 163 Å². The second-order valence-electron chi connectivity index (χ2n) is 6.09. The highest BCUT2D eigenvalue weighted by Gasteiger charge is 2.10. The molecule has 0 bridgehead atoms. The van der Waals surface area contributed by atoms with Crippen molar-refractivity contribution in [2.45, 2.75) is 12.7 Å². The van der Waals surface area contributed by atoms with E-state index < -0.39 is 0 Å². The second kappa shape index (κ2) is 8.68. The lowest BCUT2D eigenvalue weighted by Gasteiger charge is -2.12. The highest BCUT2D eigenvalue weighted by atomic mass is 32.2. The molecule has 138 valence electrons. The van der Waals surface area contributed by atoms with Gasteiger partial charge in [-0.1, -0.05) is 18.2 Å².